The fraction of sp³-hybridized carbons (Fsp3) is 0.500. The standard InChI is InChI=1S/C24H29ClN6O/c25-20-11-9-19(10-12-20)23(24-27-28-29-31(24)21-6-1-2-7-21)30(17-22-8-4-14-32-22)16-18-5-3-13-26-15-18/h3,5,9-13,15,21-23H,1-2,4,6-8,14,16-17H2. The van der Waals surface area contributed by atoms with E-state index in [2.05, 4.69) is 48.3 Å². The van der Waals surface area contributed by atoms with Crippen LogP contribution >= 0.6 is 11.6 Å². The summed E-state index contributed by atoms with van der Waals surface area (Å²) in [6.07, 6.45) is 10.8. The molecular formula is C24H29ClN6O. The highest BCUT2D eigenvalue weighted by Gasteiger charge is 2.33. The predicted molar refractivity (Wildman–Crippen MR) is 122 cm³/mol. The lowest BCUT2D eigenvalue weighted by Gasteiger charge is -2.33. The third-order valence-corrected chi connectivity index (χ3v) is 6.81. The van der Waals surface area contributed by atoms with Crippen LogP contribution < -0.4 is 0 Å². The molecular weight excluding hydrogens is 424 g/mol. The fourth-order valence-electron chi connectivity index (χ4n) is 5.00. The quantitative estimate of drug-likeness (QED) is 0.497. The van der Waals surface area contributed by atoms with Crippen LogP contribution in [0.2, 0.25) is 5.02 Å². The zero-order valence-corrected chi connectivity index (χ0v) is 18.9. The Morgan fingerprint density at radius 3 is 2.66 bits per heavy atom. The average Bonchev–Trinajstić information content (AvgIpc) is 3.59. The van der Waals surface area contributed by atoms with Crippen LogP contribution in [0.15, 0.2) is 48.8 Å². The molecule has 2 atom stereocenters. The van der Waals surface area contributed by atoms with Crippen molar-refractivity contribution in [2.24, 2.45) is 0 Å². The lowest BCUT2D eigenvalue weighted by Crippen LogP contribution is -2.37. The van der Waals surface area contributed by atoms with Crippen LogP contribution in [0.5, 0.6) is 0 Å². The molecule has 2 aromatic heterocycles. The summed E-state index contributed by atoms with van der Waals surface area (Å²) < 4.78 is 8.10. The first-order valence-electron chi connectivity index (χ1n) is 11.6. The van der Waals surface area contributed by atoms with Gasteiger partial charge in [-0.3, -0.25) is 9.88 Å². The maximum atomic E-state index is 6.24. The monoisotopic (exact) mass is 452 g/mol. The SMILES string of the molecule is Clc1ccc(C(c2nnnn2C2CCCC2)N(Cc2cccnc2)CC2CCCO2)cc1. The highest BCUT2D eigenvalue weighted by Crippen LogP contribution is 2.35. The van der Waals surface area contributed by atoms with E-state index in [0.29, 0.717) is 6.04 Å². The van der Waals surface area contributed by atoms with Crippen LogP contribution in [0.25, 0.3) is 0 Å². The minimum absolute atomic E-state index is 0.104. The van der Waals surface area contributed by atoms with E-state index in [1.807, 2.05) is 30.6 Å². The highest BCUT2D eigenvalue weighted by molar-refractivity contribution is 6.30. The van der Waals surface area contributed by atoms with Gasteiger partial charge in [-0.05, 0) is 65.4 Å². The maximum Gasteiger partial charge on any atom is 0.173 e. The predicted octanol–water partition coefficient (Wildman–Crippen LogP) is 4.61. The molecule has 2 fully saturated rings. The molecule has 1 aliphatic heterocycles. The molecule has 0 bridgehead atoms. The van der Waals surface area contributed by atoms with Gasteiger partial charge in [0.25, 0.3) is 0 Å². The summed E-state index contributed by atoms with van der Waals surface area (Å²) in [5.41, 5.74) is 2.29. The third-order valence-electron chi connectivity index (χ3n) is 6.55. The summed E-state index contributed by atoms with van der Waals surface area (Å²) in [4.78, 5) is 6.77. The molecule has 8 heteroatoms. The number of ether oxygens (including phenoxy) is 1. The van der Waals surface area contributed by atoms with Gasteiger partial charge in [-0.1, -0.05) is 42.6 Å². The van der Waals surface area contributed by atoms with Gasteiger partial charge in [0.1, 0.15) is 0 Å². The number of hydrogen-bond donors (Lipinski definition) is 0. The maximum absolute atomic E-state index is 6.24. The van der Waals surface area contributed by atoms with Gasteiger partial charge in [0.15, 0.2) is 5.82 Å². The van der Waals surface area contributed by atoms with Gasteiger partial charge in [-0.2, -0.15) is 0 Å². The smallest absolute Gasteiger partial charge is 0.173 e. The number of benzene rings is 1. The largest absolute Gasteiger partial charge is 0.377 e. The Balaban J connectivity index is 1.55. The van der Waals surface area contributed by atoms with Crippen molar-refractivity contribution < 1.29 is 4.74 Å². The molecule has 0 spiro atoms. The van der Waals surface area contributed by atoms with E-state index in [4.69, 9.17) is 16.3 Å². The zero-order chi connectivity index (χ0) is 21.8. The van der Waals surface area contributed by atoms with Crippen molar-refractivity contribution in [3.8, 4) is 0 Å². The molecule has 2 unspecified atom stereocenters. The van der Waals surface area contributed by atoms with E-state index in [1.54, 1.807) is 0 Å². The fourth-order valence-corrected chi connectivity index (χ4v) is 5.12. The molecule has 32 heavy (non-hydrogen) atoms. The van der Waals surface area contributed by atoms with Crippen molar-refractivity contribution in [2.45, 2.75) is 63.3 Å². The van der Waals surface area contributed by atoms with E-state index < -0.39 is 0 Å². The van der Waals surface area contributed by atoms with Crippen LogP contribution in [-0.4, -0.2) is 49.3 Å². The third kappa shape index (κ3) is 4.85. The van der Waals surface area contributed by atoms with Crippen LogP contribution in [0.4, 0.5) is 0 Å². The Bertz CT molecular complexity index is 983. The summed E-state index contributed by atoms with van der Waals surface area (Å²) in [7, 11) is 0. The Morgan fingerprint density at radius 1 is 1.09 bits per heavy atom. The Morgan fingerprint density at radius 2 is 1.94 bits per heavy atom. The number of rotatable bonds is 8. The summed E-state index contributed by atoms with van der Waals surface area (Å²) in [6, 6.07) is 12.4. The van der Waals surface area contributed by atoms with E-state index >= 15 is 0 Å². The first-order valence-corrected chi connectivity index (χ1v) is 11.9. The van der Waals surface area contributed by atoms with Gasteiger partial charge >= 0.3 is 0 Å². The van der Waals surface area contributed by atoms with Crippen molar-refractivity contribution in [1.82, 2.24) is 30.1 Å². The van der Waals surface area contributed by atoms with Crippen molar-refractivity contribution in [2.75, 3.05) is 13.2 Å². The van der Waals surface area contributed by atoms with Crippen LogP contribution in [-0.2, 0) is 11.3 Å². The van der Waals surface area contributed by atoms with Crippen molar-refractivity contribution in [3.63, 3.8) is 0 Å². The van der Waals surface area contributed by atoms with Crippen molar-refractivity contribution >= 4 is 11.6 Å². The van der Waals surface area contributed by atoms with Crippen LogP contribution in [0.1, 0.15) is 67.6 Å². The van der Waals surface area contributed by atoms with Gasteiger partial charge in [-0.25, -0.2) is 4.68 Å². The molecule has 1 saturated heterocycles. The zero-order valence-electron chi connectivity index (χ0n) is 18.2. The highest BCUT2D eigenvalue weighted by atomic mass is 35.5. The average molecular weight is 453 g/mol. The Hall–Kier alpha value is -2.35. The molecule has 3 heterocycles. The summed E-state index contributed by atoms with van der Waals surface area (Å²) in [5.74, 6) is 0.890. The molecule has 5 rings (SSSR count). The van der Waals surface area contributed by atoms with Gasteiger partial charge in [0.05, 0.1) is 18.2 Å². The van der Waals surface area contributed by atoms with Gasteiger partial charge < -0.3 is 4.74 Å². The van der Waals surface area contributed by atoms with E-state index in [1.165, 1.54) is 12.8 Å². The van der Waals surface area contributed by atoms with Gasteiger partial charge in [-0.15, -0.1) is 5.10 Å². The van der Waals surface area contributed by atoms with Crippen molar-refractivity contribution in [3.05, 3.63) is 70.8 Å². The molecule has 1 saturated carbocycles. The number of nitrogens with zero attached hydrogens (tertiary/aromatic N) is 6. The first kappa shape index (κ1) is 21.5. The molecule has 1 aromatic carbocycles. The lowest BCUT2D eigenvalue weighted by atomic mass is 10.0. The molecule has 3 aromatic rings. The van der Waals surface area contributed by atoms with E-state index in [9.17, 15) is 0 Å². The molecule has 0 N–H and O–H groups in total. The second kappa shape index (κ2) is 10.1. The van der Waals surface area contributed by atoms with E-state index in [0.717, 1.165) is 67.4 Å². The lowest BCUT2D eigenvalue weighted by molar-refractivity contribution is 0.0571. The molecule has 2 aliphatic rings. The topological polar surface area (TPSA) is 69.0 Å². The summed E-state index contributed by atoms with van der Waals surface area (Å²) >= 11 is 6.24. The minimum atomic E-state index is -0.104. The number of halogens is 1. The second-order valence-corrected chi connectivity index (χ2v) is 9.24. The second-order valence-electron chi connectivity index (χ2n) is 8.80. The molecule has 0 radical (unpaired) electrons. The molecule has 168 valence electrons. The Labute approximate surface area is 193 Å². The molecule has 1 aliphatic carbocycles. The van der Waals surface area contributed by atoms with Crippen LogP contribution in [0, 0.1) is 0 Å². The normalized spacial score (nSPS) is 20.2. The number of pyridine rings is 1. The first-order chi connectivity index (χ1) is 15.8. The summed E-state index contributed by atoms with van der Waals surface area (Å²) in [5, 5.41) is 13.9. The number of aromatic nitrogens is 5. The van der Waals surface area contributed by atoms with Crippen LogP contribution in [0.3, 0.4) is 0 Å². The Kier molecular flexibility index (Phi) is 6.76. The molecule has 7 nitrogen and oxygen atoms in total. The van der Waals surface area contributed by atoms with Gasteiger partial charge in [0.2, 0.25) is 0 Å². The number of hydrogen-bond acceptors (Lipinski definition) is 6. The van der Waals surface area contributed by atoms with Crippen molar-refractivity contribution in [1.29, 1.82) is 0 Å². The van der Waals surface area contributed by atoms with E-state index in [-0.39, 0.29) is 12.1 Å². The molecule has 0 amide bonds. The van der Waals surface area contributed by atoms with Gasteiger partial charge in [0, 0.05) is 37.1 Å². The minimum Gasteiger partial charge on any atom is -0.377 e. The summed E-state index contributed by atoms with van der Waals surface area (Å²) in [6.45, 7) is 2.37. The number of tetrazole rings is 1.